The summed E-state index contributed by atoms with van der Waals surface area (Å²) in [4.78, 5) is 15.3. The summed E-state index contributed by atoms with van der Waals surface area (Å²) in [6.45, 7) is 10.8. The minimum absolute atomic E-state index is 0.424. The van der Waals surface area contributed by atoms with Crippen molar-refractivity contribution in [1.82, 2.24) is 4.98 Å². The van der Waals surface area contributed by atoms with Gasteiger partial charge in [0, 0.05) is 5.75 Å². The Balaban J connectivity index is 2.29. The summed E-state index contributed by atoms with van der Waals surface area (Å²) in [5, 5.41) is 14.3. The van der Waals surface area contributed by atoms with Crippen molar-refractivity contribution in [1.29, 1.82) is 0 Å². The molecule has 0 aromatic carbocycles. The van der Waals surface area contributed by atoms with Crippen LogP contribution in [0.15, 0.2) is 63.0 Å². The predicted molar refractivity (Wildman–Crippen MR) is 132 cm³/mol. The zero-order valence-corrected chi connectivity index (χ0v) is 20.4. The molecule has 0 amide bonds. The normalized spacial score (nSPS) is 13.8. The van der Waals surface area contributed by atoms with Crippen LogP contribution in [0.1, 0.15) is 73.1 Å². The van der Waals surface area contributed by atoms with E-state index in [1.807, 2.05) is 0 Å². The van der Waals surface area contributed by atoms with Crippen LogP contribution in [0, 0.1) is 0 Å². The molecule has 0 fully saturated rings. The summed E-state index contributed by atoms with van der Waals surface area (Å²) in [7, 11) is 0. The molecule has 0 aliphatic carbocycles. The number of carbonyl (C=O) groups is 1. The number of hydrogen-bond acceptors (Lipinski definition) is 5. The molecule has 5 nitrogen and oxygen atoms in total. The average Bonchev–Trinajstić information content (AvgIpc) is 3.20. The van der Waals surface area contributed by atoms with Crippen LogP contribution in [0.5, 0.6) is 0 Å². The third-order valence-corrected chi connectivity index (χ3v) is 5.85. The van der Waals surface area contributed by atoms with E-state index in [4.69, 9.17) is 4.42 Å². The molecule has 0 spiro atoms. The molecule has 1 aromatic heterocycles. The Bertz CT molecular complexity index is 773. The fourth-order valence-corrected chi connectivity index (χ4v) is 3.78. The lowest BCUT2D eigenvalue weighted by Gasteiger charge is -2.12. The van der Waals surface area contributed by atoms with Crippen LogP contribution in [-0.2, 0) is 4.79 Å². The lowest BCUT2D eigenvalue weighted by Crippen LogP contribution is -2.31. The van der Waals surface area contributed by atoms with Crippen molar-refractivity contribution >= 4 is 23.5 Å². The third kappa shape index (κ3) is 13.7. The molecular formula is C25H38N2O3S. The molecule has 172 valence electrons. The standard InChI is InChI=1S/C25H38N2O3S/c1-19(2)9-6-10-20(3)11-7-12-21(4)13-8-14-22(5)16-31-17-23(25(28)29)27-24-15-30-18-26-24/h9,11,13,15-16,18,23,27H,6-8,10,12,14,17H2,1-5H3,(H,28,29). The zero-order chi connectivity index (χ0) is 23.1. The number of nitrogens with zero attached hydrogens (tertiary/aromatic N) is 1. The van der Waals surface area contributed by atoms with Gasteiger partial charge in [-0.1, -0.05) is 40.5 Å². The Labute approximate surface area is 191 Å². The first kappa shape index (κ1) is 26.8. The smallest absolute Gasteiger partial charge is 0.327 e. The highest BCUT2D eigenvalue weighted by atomic mass is 32.2. The summed E-state index contributed by atoms with van der Waals surface area (Å²) in [5.41, 5.74) is 5.55. The Morgan fingerprint density at radius 1 is 1.03 bits per heavy atom. The Morgan fingerprint density at radius 2 is 1.61 bits per heavy atom. The van der Waals surface area contributed by atoms with Crippen LogP contribution < -0.4 is 5.32 Å². The first-order valence-corrected chi connectivity index (χ1v) is 11.9. The van der Waals surface area contributed by atoms with Gasteiger partial charge >= 0.3 is 5.97 Å². The molecule has 0 saturated carbocycles. The van der Waals surface area contributed by atoms with Crippen molar-refractivity contribution in [2.24, 2.45) is 0 Å². The van der Waals surface area contributed by atoms with Crippen molar-refractivity contribution in [3.8, 4) is 0 Å². The van der Waals surface area contributed by atoms with Crippen LogP contribution in [0.2, 0.25) is 0 Å². The molecule has 2 N–H and O–H groups in total. The van der Waals surface area contributed by atoms with E-state index in [2.05, 4.69) is 68.6 Å². The summed E-state index contributed by atoms with van der Waals surface area (Å²) >= 11 is 1.51. The highest BCUT2D eigenvalue weighted by Gasteiger charge is 2.17. The van der Waals surface area contributed by atoms with E-state index in [-0.39, 0.29) is 0 Å². The molecular weight excluding hydrogens is 408 g/mol. The van der Waals surface area contributed by atoms with Gasteiger partial charge in [0.05, 0.1) is 0 Å². The van der Waals surface area contributed by atoms with E-state index in [1.54, 1.807) is 0 Å². The Hall–Kier alpha value is -2.21. The molecule has 1 aromatic rings. The lowest BCUT2D eigenvalue weighted by molar-refractivity contribution is -0.137. The van der Waals surface area contributed by atoms with Crippen molar-refractivity contribution in [3.05, 3.63) is 58.6 Å². The maximum atomic E-state index is 11.4. The molecule has 0 bridgehead atoms. The molecule has 0 aliphatic heterocycles. The number of rotatable bonds is 15. The summed E-state index contributed by atoms with van der Waals surface area (Å²) in [5.74, 6) is -0.0400. The van der Waals surface area contributed by atoms with Crippen molar-refractivity contribution in [2.45, 2.75) is 79.2 Å². The van der Waals surface area contributed by atoms with Crippen LogP contribution in [0.3, 0.4) is 0 Å². The predicted octanol–water partition coefficient (Wildman–Crippen LogP) is 7.38. The second-order valence-corrected chi connectivity index (χ2v) is 9.11. The number of carboxylic acids is 1. The third-order valence-electron chi connectivity index (χ3n) is 4.75. The number of aliphatic carboxylic acids is 1. The van der Waals surface area contributed by atoms with Gasteiger partial charge in [-0.15, -0.1) is 11.8 Å². The molecule has 31 heavy (non-hydrogen) atoms. The molecule has 1 heterocycles. The van der Waals surface area contributed by atoms with E-state index in [9.17, 15) is 9.90 Å². The van der Waals surface area contributed by atoms with Gasteiger partial charge < -0.3 is 14.8 Å². The Kier molecular flexibility index (Phi) is 13.5. The van der Waals surface area contributed by atoms with Gasteiger partial charge in [-0.05, 0) is 78.6 Å². The van der Waals surface area contributed by atoms with Gasteiger partial charge in [-0.2, -0.15) is 4.98 Å². The van der Waals surface area contributed by atoms with Gasteiger partial charge in [0.1, 0.15) is 12.3 Å². The van der Waals surface area contributed by atoms with Gasteiger partial charge in [0.15, 0.2) is 12.2 Å². The minimum atomic E-state index is -0.902. The van der Waals surface area contributed by atoms with E-state index in [0.29, 0.717) is 11.6 Å². The number of nitrogens with one attached hydrogen (secondary N) is 1. The molecule has 0 saturated heterocycles. The summed E-state index contributed by atoms with van der Waals surface area (Å²) in [6.07, 6.45) is 16.1. The highest BCUT2D eigenvalue weighted by molar-refractivity contribution is 8.02. The first-order chi connectivity index (χ1) is 14.8. The summed E-state index contributed by atoms with van der Waals surface area (Å²) < 4.78 is 4.86. The van der Waals surface area contributed by atoms with E-state index in [1.165, 1.54) is 46.7 Å². The van der Waals surface area contributed by atoms with Gasteiger partial charge in [0.2, 0.25) is 0 Å². The van der Waals surface area contributed by atoms with Gasteiger partial charge in [-0.25, -0.2) is 4.79 Å². The average molecular weight is 447 g/mol. The molecule has 1 unspecified atom stereocenters. The Morgan fingerprint density at radius 3 is 2.13 bits per heavy atom. The van der Waals surface area contributed by atoms with E-state index >= 15 is 0 Å². The number of hydrogen-bond donors (Lipinski definition) is 2. The van der Waals surface area contributed by atoms with E-state index in [0.717, 1.165) is 38.5 Å². The minimum Gasteiger partial charge on any atom is -0.480 e. The molecule has 0 radical (unpaired) electrons. The van der Waals surface area contributed by atoms with Crippen molar-refractivity contribution < 1.29 is 14.3 Å². The fourth-order valence-electron chi connectivity index (χ4n) is 2.87. The molecule has 1 atom stereocenters. The first-order valence-electron chi connectivity index (χ1n) is 10.9. The largest absolute Gasteiger partial charge is 0.480 e. The molecule has 0 aliphatic rings. The second kappa shape index (κ2) is 15.6. The maximum absolute atomic E-state index is 11.4. The SMILES string of the molecule is CC(C)=CCCC(C)=CCCC(C)=CCCC(C)=CSCC(Nc1cocn1)C(=O)O. The second-order valence-electron chi connectivity index (χ2n) is 8.20. The van der Waals surface area contributed by atoms with Crippen molar-refractivity contribution in [3.63, 3.8) is 0 Å². The van der Waals surface area contributed by atoms with Gasteiger partial charge in [-0.3, -0.25) is 0 Å². The van der Waals surface area contributed by atoms with Crippen LogP contribution in [0.4, 0.5) is 5.82 Å². The van der Waals surface area contributed by atoms with Crippen LogP contribution >= 0.6 is 11.8 Å². The number of anilines is 1. The number of thioether (sulfide) groups is 1. The number of allylic oxidation sites excluding steroid dienone is 7. The number of oxazole rings is 1. The summed E-state index contributed by atoms with van der Waals surface area (Å²) in [6, 6.07) is -0.709. The molecule has 1 rings (SSSR count). The molecule has 6 heteroatoms. The van der Waals surface area contributed by atoms with Crippen LogP contribution in [0.25, 0.3) is 0 Å². The monoisotopic (exact) mass is 446 g/mol. The van der Waals surface area contributed by atoms with Crippen LogP contribution in [-0.4, -0.2) is 27.9 Å². The highest BCUT2D eigenvalue weighted by Crippen LogP contribution is 2.17. The quantitative estimate of drug-likeness (QED) is 0.274. The fraction of sp³-hybridized carbons (Fsp3) is 0.520. The van der Waals surface area contributed by atoms with E-state index < -0.39 is 12.0 Å². The maximum Gasteiger partial charge on any atom is 0.327 e. The topological polar surface area (TPSA) is 75.4 Å². The lowest BCUT2D eigenvalue weighted by atomic mass is 10.0. The van der Waals surface area contributed by atoms with Crippen molar-refractivity contribution in [2.75, 3.05) is 11.1 Å². The van der Waals surface area contributed by atoms with Gasteiger partial charge in [0.25, 0.3) is 0 Å². The zero-order valence-electron chi connectivity index (χ0n) is 19.6. The number of carboxylic acid groups (broad SMARTS) is 1. The number of aromatic nitrogens is 1.